The Balaban J connectivity index is 2.37. The van der Waals surface area contributed by atoms with E-state index in [2.05, 4.69) is 10.1 Å². The molecule has 0 spiro atoms. The Morgan fingerprint density at radius 1 is 1.22 bits per heavy atom. The minimum Gasteiger partial charge on any atom is -0.338 e. The SMILES string of the molecule is CC(c1nc(C(C)(C)C)no1)N(C)S(=O)(=O)c1ccc(C(F)(F)F)cc1Cl. The van der Waals surface area contributed by atoms with Crippen LogP contribution in [0.3, 0.4) is 0 Å². The van der Waals surface area contributed by atoms with E-state index in [1.54, 1.807) is 0 Å². The second kappa shape index (κ2) is 7.06. The number of hydrogen-bond acceptors (Lipinski definition) is 5. The monoisotopic (exact) mass is 425 g/mol. The van der Waals surface area contributed by atoms with Gasteiger partial charge in [0, 0.05) is 12.5 Å². The van der Waals surface area contributed by atoms with E-state index in [9.17, 15) is 21.6 Å². The van der Waals surface area contributed by atoms with Gasteiger partial charge in [0.15, 0.2) is 5.82 Å². The second-order valence-electron chi connectivity index (χ2n) is 7.05. The molecule has 0 saturated carbocycles. The molecule has 27 heavy (non-hydrogen) atoms. The van der Waals surface area contributed by atoms with Crippen molar-refractivity contribution in [3.8, 4) is 0 Å². The highest BCUT2D eigenvalue weighted by Crippen LogP contribution is 2.35. The van der Waals surface area contributed by atoms with Gasteiger partial charge in [-0.2, -0.15) is 22.5 Å². The summed E-state index contributed by atoms with van der Waals surface area (Å²) < 4.78 is 69.9. The van der Waals surface area contributed by atoms with Crippen LogP contribution in [-0.4, -0.2) is 29.9 Å². The number of hydrogen-bond donors (Lipinski definition) is 0. The molecule has 150 valence electrons. The molecule has 0 N–H and O–H groups in total. The Labute approximate surface area is 160 Å². The fourth-order valence-electron chi connectivity index (χ4n) is 2.11. The maximum absolute atomic E-state index is 12.8. The normalized spacial score (nSPS) is 14.6. The lowest BCUT2D eigenvalue weighted by molar-refractivity contribution is -0.137. The first-order valence-electron chi connectivity index (χ1n) is 7.84. The third kappa shape index (κ3) is 4.44. The number of rotatable bonds is 4. The molecule has 0 amide bonds. The molecule has 0 aliphatic heterocycles. The zero-order chi connectivity index (χ0) is 20.8. The summed E-state index contributed by atoms with van der Waals surface area (Å²) >= 11 is 5.82. The molecule has 1 heterocycles. The van der Waals surface area contributed by atoms with E-state index in [1.165, 1.54) is 14.0 Å². The van der Waals surface area contributed by atoms with Gasteiger partial charge in [-0.05, 0) is 25.1 Å². The summed E-state index contributed by atoms with van der Waals surface area (Å²) in [6, 6.07) is 1.23. The lowest BCUT2D eigenvalue weighted by Crippen LogP contribution is -2.30. The van der Waals surface area contributed by atoms with Crippen LogP contribution in [-0.2, 0) is 21.6 Å². The molecule has 11 heteroatoms. The van der Waals surface area contributed by atoms with Gasteiger partial charge in [0.25, 0.3) is 0 Å². The number of alkyl halides is 3. The van der Waals surface area contributed by atoms with Gasteiger partial charge in [0.1, 0.15) is 10.9 Å². The van der Waals surface area contributed by atoms with Crippen LogP contribution in [0, 0.1) is 0 Å². The van der Waals surface area contributed by atoms with Crippen LogP contribution in [0.2, 0.25) is 5.02 Å². The van der Waals surface area contributed by atoms with Crippen molar-refractivity contribution in [2.75, 3.05) is 7.05 Å². The van der Waals surface area contributed by atoms with Crippen LogP contribution in [0.4, 0.5) is 13.2 Å². The maximum atomic E-state index is 12.8. The summed E-state index contributed by atoms with van der Waals surface area (Å²) in [5, 5.41) is 3.32. The van der Waals surface area contributed by atoms with E-state index in [4.69, 9.17) is 16.1 Å². The van der Waals surface area contributed by atoms with E-state index >= 15 is 0 Å². The summed E-state index contributed by atoms with van der Waals surface area (Å²) in [7, 11) is -2.94. The molecule has 0 aliphatic carbocycles. The van der Waals surface area contributed by atoms with Crippen molar-refractivity contribution in [3.05, 3.63) is 40.5 Å². The molecule has 1 aromatic carbocycles. The van der Waals surface area contributed by atoms with Crippen LogP contribution < -0.4 is 0 Å². The summed E-state index contributed by atoms with van der Waals surface area (Å²) in [4.78, 5) is 3.77. The molecular formula is C16H19ClF3N3O3S. The van der Waals surface area contributed by atoms with Gasteiger partial charge >= 0.3 is 6.18 Å². The van der Waals surface area contributed by atoms with E-state index in [0.717, 1.165) is 10.4 Å². The van der Waals surface area contributed by atoms with Crippen molar-refractivity contribution >= 4 is 21.6 Å². The Morgan fingerprint density at radius 2 is 1.81 bits per heavy atom. The Hall–Kier alpha value is -1.65. The van der Waals surface area contributed by atoms with Crippen LogP contribution >= 0.6 is 11.6 Å². The van der Waals surface area contributed by atoms with Gasteiger partial charge in [-0.25, -0.2) is 8.42 Å². The van der Waals surface area contributed by atoms with Crippen LogP contribution in [0.1, 0.15) is 51.0 Å². The fraction of sp³-hybridized carbons (Fsp3) is 0.500. The Bertz CT molecular complexity index is 936. The number of nitrogens with zero attached hydrogens (tertiary/aromatic N) is 3. The number of sulfonamides is 1. The van der Waals surface area contributed by atoms with Gasteiger partial charge < -0.3 is 4.52 Å². The predicted octanol–water partition coefficient (Wildman–Crippen LogP) is 4.42. The quantitative estimate of drug-likeness (QED) is 0.724. The van der Waals surface area contributed by atoms with E-state index < -0.39 is 43.1 Å². The molecule has 1 aromatic heterocycles. The van der Waals surface area contributed by atoms with Gasteiger partial charge in [-0.15, -0.1) is 0 Å². The lowest BCUT2D eigenvalue weighted by Gasteiger charge is -2.22. The van der Waals surface area contributed by atoms with Gasteiger partial charge in [0.05, 0.1) is 10.6 Å². The summed E-state index contributed by atoms with van der Waals surface area (Å²) in [6.45, 7) is 7.13. The maximum Gasteiger partial charge on any atom is 0.416 e. The molecule has 0 radical (unpaired) electrons. The third-order valence-electron chi connectivity index (χ3n) is 3.93. The van der Waals surface area contributed by atoms with E-state index in [-0.39, 0.29) is 5.89 Å². The average Bonchev–Trinajstić information content (AvgIpc) is 3.02. The largest absolute Gasteiger partial charge is 0.416 e. The zero-order valence-corrected chi connectivity index (χ0v) is 16.9. The smallest absolute Gasteiger partial charge is 0.338 e. The van der Waals surface area contributed by atoms with Crippen molar-refractivity contribution in [2.45, 2.75) is 50.2 Å². The van der Waals surface area contributed by atoms with Crippen molar-refractivity contribution in [1.82, 2.24) is 14.4 Å². The first-order chi connectivity index (χ1) is 12.2. The highest BCUT2D eigenvalue weighted by atomic mass is 35.5. The molecule has 1 unspecified atom stereocenters. The number of halogens is 4. The molecule has 2 rings (SSSR count). The average molecular weight is 426 g/mol. The summed E-state index contributed by atoms with van der Waals surface area (Å²) in [5.41, 5.74) is -1.43. The first kappa shape index (κ1) is 21.6. The Kier molecular flexibility index (Phi) is 5.66. The van der Waals surface area contributed by atoms with Gasteiger partial charge in [-0.1, -0.05) is 37.5 Å². The third-order valence-corrected chi connectivity index (χ3v) is 6.34. The molecule has 6 nitrogen and oxygen atoms in total. The standard InChI is InChI=1S/C16H19ClF3N3O3S/c1-9(13-21-14(22-26-13)15(2,3)4)23(5)27(24,25)12-7-6-10(8-11(12)17)16(18,19)20/h6-9H,1-5H3. The highest BCUT2D eigenvalue weighted by molar-refractivity contribution is 7.89. The van der Waals surface area contributed by atoms with E-state index in [0.29, 0.717) is 18.0 Å². The summed E-state index contributed by atoms with van der Waals surface area (Å²) in [5.74, 6) is 0.469. The van der Waals surface area contributed by atoms with Gasteiger partial charge in [0.2, 0.25) is 15.9 Å². The van der Waals surface area contributed by atoms with Crippen molar-refractivity contribution in [3.63, 3.8) is 0 Å². The second-order valence-corrected chi connectivity index (χ2v) is 9.42. The van der Waals surface area contributed by atoms with Crippen molar-refractivity contribution in [2.24, 2.45) is 0 Å². The molecule has 0 bridgehead atoms. The van der Waals surface area contributed by atoms with Crippen LogP contribution in [0.15, 0.2) is 27.6 Å². The lowest BCUT2D eigenvalue weighted by atomic mass is 9.96. The molecule has 0 aliphatic rings. The van der Waals surface area contributed by atoms with Crippen LogP contribution in [0.25, 0.3) is 0 Å². The Morgan fingerprint density at radius 3 is 2.26 bits per heavy atom. The number of benzene rings is 1. The molecular weight excluding hydrogens is 407 g/mol. The van der Waals surface area contributed by atoms with Crippen LogP contribution in [0.5, 0.6) is 0 Å². The highest BCUT2D eigenvalue weighted by Gasteiger charge is 2.35. The van der Waals surface area contributed by atoms with E-state index in [1.807, 2.05) is 20.8 Å². The minimum atomic E-state index is -4.63. The van der Waals surface area contributed by atoms with Crippen molar-refractivity contribution in [1.29, 1.82) is 0 Å². The first-order valence-corrected chi connectivity index (χ1v) is 9.66. The summed E-state index contributed by atoms with van der Waals surface area (Å²) in [6.07, 6.45) is -4.63. The molecule has 0 saturated heterocycles. The molecule has 2 aromatic rings. The minimum absolute atomic E-state index is 0.0639. The fourth-order valence-corrected chi connectivity index (χ4v) is 3.95. The zero-order valence-electron chi connectivity index (χ0n) is 15.3. The molecule has 0 fully saturated rings. The van der Waals surface area contributed by atoms with Gasteiger partial charge in [-0.3, -0.25) is 0 Å². The number of aromatic nitrogens is 2. The topological polar surface area (TPSA) is 76.3 Å². The predicted molar refractivity (Wildman–Crippen MR) is 92.8 cm³/mol. The molecule has 1 atom stereocenters. The van der Waals surface area contributed by atoms with Crippen molar-refractivity contribution < 1.29 is 26.1 Å².